The zero-order valence-electron chi connectivity index (χ0n) is 6.71. The van der Waals surface area contributed by atoms with Crippen molar-refractivity contribution in [2.45, 2.75) is 6.92 Å². The molecule has 0 unspecified atom stereocenters. The Labute approximate surface area is 85.0 Å². The number of fused-ring (bicyclic) bond motifs is 1. The zero-order chi connectivity index (χ0) is 8.55. The number of benzene rings is 1. The average molecular weight is 269 g/mol. The molecular formula is C10H8IN. The summed E-state index contributed by atoms with van der Waals surface area (Å²) in [6.45, 7) is 2.08. The summed E-state index contributed by atoms with van der Waals surface area (Å²) in [5, 5.41) is 1.24. The van der Waals surface area contributed by atoms with Crippen molar-refractivity contribution in [2.75, 3.05) is 0 Å². The van der Waals surface area contributed by atoms with Crippen molar-refractivity contribution in [3.63, 3.8) is 0 Å². The standard InChI is InChI=1S/C10H8IN/c1-7-2-3-8-9(11)4-5-12-10(8)6-7/h2-6H,1H3. The molecule has 0 amide bonds. The van der Waals surface area contributed by atoms with Gasteiger partial charge in [0.25, 0.3) is 0 Å². The highest BCUT2D eigenvalue weighted by Crippen LogP contribution is 2.18. The second-order valence-corrected chi connectivity index (χ2v) is 3.98. The maximum atomic E-state index is 4.30. The van der Waals surface area contributed by atoms with Gasteiger partial charge in [-0.15, -0.1) is 0 Å². The molecule has 12 heavy (non-hydrogen) atoms. The van der Waals surface area contributed by atoms with Gasteiger partial charge in [0.05, 0.1) is 5.52 Å². The number of halogens is 1. The van der Waals surface area contributed by atoms with Crippen LogP contribution < -0.4 is 0 Å². The molecule has 0 aliphatic carbocycles. The summed E-state index contributed by atoms with van der Waals surface area (Å²) in [5.41, 5.74) is 2.35. The van der Waals surface area contributed by atoms with Crippen molar-refractivity contribution in [3.05, 3.63) is 39.6 Å². The Balaban J connectivity index is 2.86. The molecule has 0 radical (unpaired) electrons. The molecule has 2 aromatic rings. The first-order valence-electron chi connectivity index (χ1n) is 3.78. The molecule has 2 heteroatoms. The topological polar surface area (TPSA) is 12.9 Å². The Morgan fingerprint density at radius 2 is 2.08 bits per heavy atom. The molecule has 1 heterocycles. The first-order chi connectivity index (χ1) is 5.77. The number of aryl methyl sites for hydroxylation is 1. The van der Waals surface area contributed by atoms with Gasteiger partial charge >= 0.3 is 0 Å². The van der Waals surface area contributed by atoms with Gasteiger partial charge in [0.1, 0.15) is 0 Å². The third-order valence-electron chi connectivity index (χ3n) is 1.85. The maximum absolute atomic E-state index is 4.30. The first-order valence-corrected chi connectivity index (χ1v) is 4.86. The maximum Gasteiger partial charge on any atom is 0.0715 e. The van der Waals surface area contributed by atoms with E-state index in [0.29, 0.717) is 0 Å². The molecule has 0 saturated carbocycles. The highest BCUT2D eigenvalue weighted by atomic mass is 127. The Bertz CT molecular complexity index is 423. The van der Waals surface area contributed by atoms with Gasteiger partial charge in [0.15, 0.2) is 0 Å². The van der Waals surface area contributed by atoms with Crippen LogP contribution in [0.25, 0.3) is 10.9 Å². The molecule has 0 fully saturated rings. The van der Waals surface area contributed by atoms with Crippen molar-refractivity contribution < 1.29 is 0 Å². The lowest BCUT2D eigenvalue weighted by Crippen LogP contribution is -1.82. The van der Waals surface area contributed by atoms with Gasteiger partial charge in [-0.2, -0.15) is 0 Å². The van der Waals surface area contributed by atoms with E-state index in [4.69, 9.17) is 0 Å². The number of rotatable bonds is 0. The van der Waals surface area contributed by atoms with Crippen molar-refractivity contribution in [3.8, 4) is 0 Å². The third-order valence-corrected chi connectivity index (χ3v) is 2.79. The summed E-state index contributed by atoms with van der Waals surface area (Å²) in [7, 11) is 0. The van der Waals surface area contributed by atoms with Gasteiger partial charge in [-0.1, -0.05) is 12.1 Å². The number of hydrogen-bond acceptors (Lipinski definition) is 1. The highest BCUT2D eigenvalue weighted by Gasteiger charge is 1.97. The zero-order valence-corrected chi connectivity index (χ0v) is 8.87. The fraction of sp³-hybridized carbons (Fsp3) is 0.100. The lowest BCUT2D eigenvalue weighted by atomic mass is 10.1. The SMILES string of the molecule is Cc1ccc2c(I)ccnc2c1. The predicted octanol–water partition coefficient (Wildman–Crippen LogP) is 3.15. The van der Waals surface area contributed by atoms with Crippen LogP contribution in [0.4, 0.5) is 0 Å². The molecule has 0 N–H and O–H groups in total. The van der Waals surface area contributed by atoms with Crippen LogP contribution in [0.3, 0.4) is 0 Å². The van der Waals surface area contributed by atoms with E-state index in [1.54, 1.807) is 0 Å². The van der Waals surface area contributed by atoms with Gasteiger partial charge < -0.3 is 0 Å². The Morgan fingerprint density at radius 1 is 1.25 bits per heavy atom. The van der Waals surface area contributed by atoms with Crippen LogP contribution >= 0.6 is 22.6 Å². The van der Waals surface area contributed by atoms with Gasteiger partial charge in [-0.3, -0.25) is 4.98 Å². The van der Waals surface area contributed by atoms with Crippen molar-refractivity contribution >= 4 is 33.5 Å². The molecule has 0 aliphatic rings. The lowest BCUT2D eigenvalue weighted by Gasteiger charge is -1.99. The molecule has 0 aliphatic heterocycles. The van der Waals surface area contributed by atoms with Crippen LogP contribution in [0.5, 0.6) is 0 Å². The minimum atomic E-state index is 1.09. The quantitative estimate of drug-likeness (QED) is 0.669. The first kappa shape index (κ1) is 7.98. The normalized spacial score (nSPS) is 10.5. The highest BCUT2D eigenvalue weighted by molar-refractivity contribution is 14.1. The van der Waals surface area contributed by atoms with E-state index in [9.17, 15) is 0 Å². The summed E-state index contributed by atoms with van der Waals surface area (Å²) in [6.07, 6.45) is 1.85. The predicted molar refractivity (Wildman–Crippen MR) is 59.2 cm³/mol. The van der Waals surface area contributed by atoms with E-state index >= 15 is 0 Å². The Hall–Kier alpha value is -0.640. The van der Waals surface area contributed by atoms with E-state index in [0.717, 1.165) is 5.52 Å². The molecule has 0 saturated heterocycles. The third kappa shape index (κ3) is 1.31. The smallest absolute Gasteiger partial charge is 0.0715 e. The van der Waals surface area contributed by atoms with E-state index in [-0.39, 0.29) is 0 Å². The summed E-state index contributed by atoms with van der Waals surface area (Å²) in [4.78, 5) is 4.30. The summed E-state index contributed by atoms with van der Waals surface area (Å²) >= 11 is 2.33. The number of hydrogen-bond donors (Lipinski definition) is 0. The molecule has 60 valence electrons. The minimum absolute atomic E-state index is 1.09. The monoisotopic (exact) mass is 269 g/mol. The van der Waals surface area contributed by atoms with Crippen molar-refractivity contribution in [1.82, 2.24) is 4.98 Å². The Kier molecular flexibility index (Phi) is 2.00. The molecule has 0 atom stereocenters. The fourth-order valence-corrected chi connectivity index (χ4v) is 1.84. The fourth-order valence-electron chi connectivity index (χ4n) is 1.22. The second kappa shape index (κ2) is 3.01. The molecule has 1 nitrogen and oxygen atoms in total. The van der Waals surface area contributed by atoms with Crippen LogP contribution in [0.2, 0.25) is 0 Å². The number of pyridine rings is 1. The van der Waals surface area contributed by atoms with Gasteiger partial charge in [-0.05, 0) is 47.2 Å². The number of aromatic nitrogens is 1. The van der Waals surface area contributed by atoms with E-state index < -0.39 is 0 Å². The average Bonchev–Trinajstić information content (AvgIpc) is 2.04. The van der Waals surface area contributed by atoms with E-state index in [2.05, 4.69) is 52.7 Å². The largest absolute Gasteiger partial charge is 0.256 e. The summed E-state index contributed by atoms with van der Waals surface area (Å²) in [5.74, 6) is 0. The molecule has 1 aromatic carbocycles. The van der Waals surface area contributed by atoms with Gasteiger partial charge in [0.2, 0.25) is 0 Å². The van der Waals surface area contributed by atoms with Crippen molar-refractivity contribution in [1.29, 1.82) is 0 Å². The number of nitrogens with zero attached hydrogens (tertiary/aromatic N) is 1. The summed E-state index contributed by atoms with van der Waals surface area (Å²) in [6, 6.07) is 8.38. The van der Waals surface area contributed by atoms with Crippen LogP contribution in [-0.4, -0.2) is 4.98 Å². The van der Waals surface area contributed by atoms with Crippen LogP contribution in [-0.2, 0) is 0 Å². The Morgan fingerprint density at radius 3 is 2.92 bits per heavy atom. The molecule has 2 rings (SSSR count). The van der Waals surface area contributed by atoms with E-state index in [1.807, 2.05) is 12.3 Å². The lowest BCUT2D eigenvalue weighted by molar-refractivity contribution is 1.38. The van der Waals surface area contributed by atoms with Crippen LogP contribution in [0.1, 0.15) is 5.56 Å². The molecule has 0 spiro atoms. The second-order valence-electron chi connectivity index (χ2n) is 2.81. The molecule has 0 bridgehead atoms. The molecular weight excluding hydrogens is 261 g/mol. The van der Waals surface area contributed by atoms with Crippen molar-refractivity contribution in [2.24, 2.45) is 0 Å². The van der Waals surface area contributed by atoms with Crippen LogP contribution in [0.15, 0.2) is 30.5 Å². The minimum Gasteiger partial charge on any atom is -0.256 e. The molecule has 1 aromatic heterocycles. The summed E-state index contributed by atoms with van der Waals surface area (Å²) < 4.78 is 1.26. The van der Waals surface area contributed by atoms with Gasteiger partial charge in [0, 0.05) is 15.2 Å². The van der Waals surface area contributed by atoms with Crippen LogP contribution in [0, 0.1) is 10.5 Å². The van der Waals surface area contributed by atoms with E-state index in [1.165, 1.54) is 14.5 Å². The van der Waals surface area contributed by atoms with Gasteiger partial charge in [-0.25, -0.2) is 0 Å².